The first-order valence-electron chi connectivity index (χ1n) is 7.66. The highest BCUT2D eigenvalue weighted by Gasteiger charge is 2.16. The van der Waals surface area contributed by atoms with Crippen LogP contribution in [0.2, 0.25) is 0 Å². The summed E-state index contributed by atoms with van der Waals surface area (Å²) in [5, 5.41) is 4.01. The normalized spacial score (nSPS) is 15.1. The fraction of sp³-hybridized carbons (Fsp3) is 0.471. The number of nitrogens with two attached hydrogens (primary N) is 1. The average molecular weight is 286 g/mol. The third-order valence-corrected chi connectivity index (χ3v) is 4.27. The van der Waals surface area contributed by atoms with Gasteiger partial charge in [-0.2, -0.15) is 0 Å². The molecular formula is C17H22N2O2. The number of carbonyl (C=O) groups is 1. The van der Waals surface area contributed by atoms with Crippen LogP contribution in [0.5, 0.6) is 0 Å². The number of carbonyl (C=O) groups excluding carboxylic acids is 1. The lowest BCUT2D eigenvalue weighted by Gasteiger charge is -2.09. The zero-order valence-electron chi connectivity index (χ0n) is 12.4. The van der Waals surface area contributed by atoms with Crippen molar-refractivity contribution in [3.8, 4) is 0 Å². The smallest absolute Gasteiger partial charge is 0.224 e. The van der Waals surface area contributed by atoms with Gasteiger partial charge in [-0.3, -0.25) is 4.79 Å². The summed E-state index contributed by atoms with van der Waals surface area (Å²) in [4.78, 5) is 12.0. The van der Waals surface area contributed by atoms with Crippen molar-refractivity contribution >= 4 is 16.9 Å². The van der Waals surface area contributed by atoms with Crippen LogP contribution in [0.15, 0.2) is 22.8 Å². The molecular weight excluding hydrogens is 264 g/mol. The first-order valence-corrected chi connectivity index (χ1v) is 7.66. The standard InChI is InChI=1S/C17H22N2O2/c1-11(8-18)9-19-17(20)7-14-10-21-16-6-13-4-2-3-12(13)5-15(14)16/h5-6,10-11H,2-4,7-9,18H2,1H3,(H,19,20). The molecule has 1 aliphatic rings. The van der Waals surface area contributed by atoms with Crippen LogP contribution in [0.25, 0.3) is 11.0 Å². The molecule has 1 aromatic heterocycles. The van der Waals surface area contributed by atoms with Crippen molar-refractivity contribution in [2.45, 2.75) is 32.6 Å². The maximum absolute atomic E-state index is 12.0. The number of aryl methyl sites for hydroxylation is 2. The summed E-state index contributed by atoms with van der Waals surface area (Å²) >= 11 is 0. The summed E-state index contributed by atoms with van der Waals surface area (Å²) < 4.78 is 5.62. The molecule has 1 amide bonds. The Morgan fingerprint density at radius 3 is 2.90 bits per heavy atom. The molecule has 0 bridgehead atoms. The van der Waals surface area contributed by atoms with E-state index < -0.39 is 0 Å². The Labute approximate surface area is 124 Å². The van der Waals surface area contributed by atoms with E-state index in [4.69, 9.17) is 10.2 Å². The molecule has 1 heterocycles. The summed E-state index contributed by atoms with van der Waals surface area (Å²) in [5.41, 5.74) is 10.2. The molecule has 4 nitrogen and oxygen atoms in total. The fourth-order valence-electron chi connectivity index (χ4n) is 2.89. The first kappa shape index (κ1) is 14.1. The number of benzene rings is 1. The molecule has 1 aromatic carbocycles. The van der Waals surface area contributed by atoms with Crippen molar-refractivity contribution in [2.75, 3.05) is 13.1 Å². The Morgan fingerprint density at radius 1 is 1.38 bits per heavy atom. The van der Waals surface area contributed by atoms with Gasteiger partial charge >= 0.3 is 0 Å². The van der Waals surface area contributed by atoms with E-state index in [2.05, 4.69) is 17.4 Å². The van der Waals surface area contributed by atoms with Gasteiger partial charge < -0.3 is 15.5 Å². The summed E-state index contributed by atoms with van der Waals surface area (Å²) in [6, 6.07) is 4.34. The summed E-state index contributed by atoms with van der Waals surface area (Å²) in [6.45, 7) is 3.23. The molecule has 2 aromatic rings. The molecule has 4 heteroatoms. The lowest BCUT2D eigenvalue weighted by molar-refractivity contribution is -0.120. The minimum Gasteiger partial charge on any atom is -0.464 e. The second-order valence-corrected chi connectivity index (χ2v) is 6.05. The minimum atomic E-state index is 0.0264. The Bertz CT molecular complexity index is 660. The van der Waals surface area contributed by atoms with Crippen LogP contribution >= 0.6 is 0 Å². The molecule has 0 spiro atoms. The first-order chi connectivity index (χ1) is 10.2. The van der Waals surface area contributed by atoms with E-state index in [-0.39, 0.29) is 5.91 Å². The van der Waals surface area contributed by atoms with E-state index in [0.717, 1.165) is 29.4 Å². The molecule has 112 valence electrons. The van der Waals surface area contributed by atoms with Gasteiger partial charge in [-0.05, 0) is 55.0 Å². The number of amides is 1. The van der Waals surface area contributed by atoms with Crippen molar-refractivity contribution in [3.05, 3.63) is 35.1 Å². The second kappa shape index (κ2) is 5.90. The van der Waals surface area contributed by atoms with Gasteiger partial charge in [0, 0.05) is 17.5 Å². The van der Waals surface area contributed by atoms with Gasteiger partial charge in [0.1, 0.15) is 5.58 Å². The molecule has 0 saturated carbocycles. The summed E-state index contributed by atoms with van der Waals surface area (Å²) in [7, 11) is 0. The van der Waals surface area contributed by atoms with Gasteiger partial charge in [-0.25, -0.2) is 0 Å². The predicted octanol–water partition coefficient (Wildman–Crippen LogP) is 2.17. The van der Waals surface area contributed by atoms with Gasteiger partial charge in [0.05, 0.1) is 12.7 Å². The lowest BCUT2D eigenvalue weighted by atomic mass is 10.0. The molecule has 3 rings (SSSR count). The van der Waals surface area contributed by atoms with Crippen LogP contribution < -0.4 is 11.1 Å². The van der Waals surface area contributed by atoms with Gasteiger partial charge in [0.25, 0.3) is 0 Å². The highest BCUT2D eigenvalue weighted by Crippen LogP contribution is 2.30. The molecule has 1 aliphatic carbocycles. The minimum absolute atomic E-state index is 0.0264. The molecule has 0 radical (unpaired) electrons. The molecule has 1 unspecified atom stereocenters. The SMILES string of the molecule is CC(CN)CNC(=O)Cc1coc2cc3c(cc12)CCC3. The van der Waals surface area contributed by atoms with Gasteiger partial charge in [-0.1, -0.05) is 6.92 Å². The second-order valence-electron chi connectivity index (χ2n) is 6.05. The maximum atomic E-state index is 12.0. The number of nitrogens with one attached hydrogen (secondary N) is 1. The topological polar surface area (TPSA) is 68.3 Å². The highest BCUT2D eigenvalue weighted by molar-refractivity contribution is 5.88. The van der Waals surface area contributed by atoms with Crippen LogP contribution in [0.3, 0.4) is 0 Å². The van der Waals surface area contributed by atoms with E-state index in [0.29, 0.717) is 25.4 Å². The van der Waals surface area contributed by atoms with Crippen molar-refractivity contribution in [1.82, 2.24) is 5.32 Å². The van der Waals surface area contributed by atoms with E-state index >= 15 is 0 Å². The van der Waals surface area contributed by atoms with Crippen LogP contribution in [0, 0.1) is 5.92 Å². The van der Waals surface area contributed by atoms with Crippen LogP contribution in [-0.2, 0) is 24.1 Å². The van der Waals surface area contributed by atoms with E-state index in [1.807, 2.05) is 6.92 Å². The predicted molar refractivity (Wildman–Crippen MR) is 83.2 cm³/mol. The monoisotopic (exact) mass is 286 g/mol. The number of hydrogen-bond donors (Lipinski definition) is 2. The van der Waals surface area contributed by atoms with E-state index in [1.165, 1.54) is 17.5 Å². The van der Waals surface area contributed by atoms with Crippen molar-refractivity contribution < 1.29 is 9.21 Å². The van der Waals surface area contributed by atoms with Gasteiger partial charge in [0.2, 0.25) is 5.91 Å². The summed E-state index contributed by atoms with van der Waals surface area (Å²) in [5.74, 6) is 0.330. The van der Waals surface area contributed by atoms with Crippen LogP contribution in [0.4, 0.5) is 0 Å². The molecule has 0 aliphatic heterocycles. The maximum Gasteiger partial charge on any atom is 0.224 e. The Morgan fingerprint density at radius 2 is 2.14 bits per heavy atom. The van der Waals surface area contributed by atoms with E-state index in [9.17, 15) is 4.79 Å². The van der Waals surface area contributed by atoms with Crippen molar-refractivity contribution in [3.63, 3.8) is 0 Å². The van der Waals surface area contributed by atoms with Gasteiger partial charge in [-0.15, -0.1) is 0 Å². The third kappa shape index (κ3) is 2.95. The number of hydrogen-bond acceptors (Lipinski definition) is 3. The average Bonchev–Trinajstić information content (AvgIpc) is 3.09. The quantitative estimate of drug-likeness (QED) is 0.885. The molecule has 0 saturated heterocycles. The Balaban J connectivity index is 1.74. The Hall–Kier alpha value is -1.81. The Kier molecular flexibility index (Phi) is 3.97. The van der Waals surface area contributed by atoms with Crippen LogP contribution in [0.1, 0.15) is 30.0 Å². The molecule has 21 heavy (non-hydrogen) atoms. The third-order valence-electron chi connectivity index (χ3n) is 4.27. The number of fused-ring (bicyclic) bond motifs is 2. The largest absolute Gasteiger partial charge is 0.464 e. The number of rotatable bonds is 5. The summed E-state index contributed by atoms with van der Waals surface area (Å²) in [6.07, 6.45) is 5.57. The zero-order valence-corrected chi connectivity index (χ0v) is 12.4. The van der Waals surface area contributed by atoms with Crippen LogP contribution in [-0.4, -0.2) is 19.0 Å². The molecule has 3 N–H and O–H groups in total. The van der Waals surface area contributed by atoms with Gasteiger partial charge in [0.15, 0.2) is 0 Å². The zero-order chi connectivity index (χ0) is 14.8. The fourth-order valence-corrected chi connectivity index (χ4v) is 2.89. The van der Waals surface area contributed by atoms with Crippen molar-refractivity contribution in [1.29, 1.82) is 0 Å². The number of furan rings is 1. The molecule has 0 fully saturated rings. The van der Waals surface area contributed by atoms with E-state index in [1.54, 1.807) is 6.26 Å². The highest BCUT2D eigenvalue weighted by atomic mass is 16.3. The molecule has 1 atom stereocenters. The lowest BCUT2D eigenvalue weighted by Crippen LogP contribution is -2.32. The van der Waals surface area contributed by atoms with Crippen molar-refractivity contribution in [2.24, 2.45) is 11.7 Å².